The molecule has 1 aromatic heterocycles. The highest BCUT2D eigenvalue weighted by Crippen LogP contribution is 2.43. The first-order valence-electron chi connectivity index (χ1n) is 7.58. The minimum Gasteiger partial charge on any atom is -0.385 e. The number of hydrogen-bond acceptors (Lipinski definition) is 3. The number of imidazole rings is 1. The van der Waals surface area contributed by atoms with Gasteiger partial charge in [-0.3, -0.25) is 0 Å². The van der Waals surface area contributed by atoms with E-state index in [0.717, 1.165) is 0 Å². The van der Waals surface area contributed by atoms with E-state index in [1.54, 1.807) is 41.2 Å². The Morgan fingerprint density at radius 2 is 1.65 bits per heavy atom. The van der Waals surface area contributed by atoms with Gasteiger partial charge in [-0.25, -0.2) is 4.98 Å². The molecule has 3 aromatic rings. The number of nitrogens with zero attached hydrogens (tertiary/aromatic N) is 2. The molecule has 0 saturated heterocycles. The van der Waals surface area contributed by atoms with Crippen LogP contribution >= 0.6 is 46.4 Å². The molecular weight excluding hydrogens is 418 g/mol. The van der Waals surface area contributed by atoms with Gasteiger partial charge in [-0.2, -0.15) is 0 Å². The Hall–Kier alpha value is -1.27. The number of hydrogen-bond donors (Lipinski definition) is 2. The van der Waals surface area contributed by atoms with E-state index < -0.39 is 11.7 Å². The Labute approximate surface area is 170 Å². The van der Waals surface area contributed by atoms with Gasteiger partial charge >= 0.3 is 0 Å². The molecule has 8 heteroatoms. The van der Waals surface area contributed by atoms with Gasteiger partial charge in [0.05, 0.1) is 12.9 Å². The minimum absolute atomic E-state index is 0.00548. The lowest BCUT2D eigenvalue weighted by Crippen LogP contribution is -2.38. The summed E-state index contributed by atoms with van der Waals surface area (Å²) in [6.45, 7) is -0.00548. The van der Waals surface area contributed by atoms with Gasteiger partial charge in [0.25, 0.3) is 0 Å². The molecule has 0 aliphatic rings. The Kier molecular flexibility index (Phi) is 5.82. The summed E-state index contributed by atoms with van der Waals surface area (Å²) in [6, 6.07) is 9.34. The lowest BCUT2D eigenvalue weighted by atomic mass is 9.84. The summed E-state index contributed by atoms with van der Waals surface area (Å²) in [5, 5.41) is 23.9. The molecule has 0 aliphatic heterocycles. The Morgan fingerprint density at radius 3 is 2.23 bits per heavy atom. The normalized spacial score (nSPS) is 14.8. The van der Waals surface area contributed by atoms with Crippen LogP contribution in [0.25, 0.3) is 0 Å². The number of aromatic nitrogens is 2. The molecule has 26 heavy (non-hydrogen) atoms. The van der Waals surface area contributed by atoms with Crippen molar-refractivity contribution in [2.24, 2.45) is 0 Å². The summed E-state index contributed by atoms with van der Waals surface area (Å²) < 4.78 is 1.64. The summed E-state index contributed by atoms with van der Waals surface area (Å²) in [4.78, 5) is 3.97. The molecule has 0 aliphatic carbocycles. The number of halogens is 4. The Bertz CT molecular complexity index is 918. The van der Waals surface area contributed by atoms with Crippen molar-refractivity contribution >= 4 is 46.4 Å². The summed E-state index contributed by atoms with van der Waals surface area (Å²) in [6.07, 6.45) is 3.40. The summed E-state index contributed by atoms with van der Waals surface area (Å²) in [5.41, 5.74) is -1.15. The van der Waals surface area contributed by atoms with Crippen molar-refractivity contribution < 1.29 is 10.2 Å². The largest absolute Gasteiger partial charge is 0.385 e. The summed E-state index contributed by atoms with van der Waals surface area (Å²) >= 11 is 24.5. The quantitative estimate of drug-likeness (QED) is 0.589. The highest BCUT2D eigenvalue weighted by atomic mass is 35.5. The van der Waals surface area contributed by atoms with Crippen LogP contribution in [0.2, 0.25) is 20.1 Å². The van der Waals surface area contributed by atoms with E-state index in [9.17, 15) is 10.2 Å². The number of rotatable bonds is 5. The second kappa shape index (κ2) is 7.77. The molecule has 4 nitrogen and oxygen atoms in total. The number of benzene rings is 2. The van der Waals surface area contributed by atoms with Crippen LogP contribution in [-0.2, 0) is 12.1 Å². The second-order valence-corrected chi connectivity index (χ2v) is 7.54. The van der Waals surface area contributed by atoms with Gasteiger partial charge in [-0.1, -0.05) is 58.5 Å². The highest BCUT2D eigenvalue weighted by molar-refractivity contribution is 6.35. The van der Waals surface area contributed by atoms with Gasteiger partial charge in [0.15, 0.2) is 0 Å². The number of aliphatic hydroxyl groups is 2. The van der Waals surface area contributed by atoms with Gasteiger partial charge in [0, 0.05) is 43.6 Å². The predicted octanol–water partition coefficient (Wildman–Crippen LogP) is 5.12. The molecule has 0 unspecified atom stereocenters. The smallest absolute Gasteiger partial charge is 0.139 e. The SMILES string of the molecule is O[C@@H](c1ccc(Cl)cc1Cl)[C@](O)(Cn1ccnc1)c1ccc(Cl)cc1Cl. The molecule has 0 radical (unpaired) electrons. The molecule has 1 heterocycles. The van der Waals surface area contributed by atoms with Crippen LogP contribution in [0.5, 0.6) is 0 Å². The van der Waals surface area contributed by atoms with E-state index in [4.69, 9.17) is 46.4 Å². The van der Waals surface area contributed by atoms with Crippen LogP contribution in [0.15, 0.2) is 55.1 Å². The van der Waals surface area contributed by atoms with Crippen molar-refractivity contribution in [2.75, 3.05) is 0 Å². The van der Waals surface area contributed by atoms with Gasteiger partial charge in [-0.15, -0.1) is 0 Å². The van der Waals surface area contributed by atoms with Gasteiger partial charge in [0.1, 0.15) is 11.7 Å². The average Bonchev–Trinajstić information content (AvgIpc) is 3.06. The molecule has 2 atom stereocenters. The summed E-state index contributed by atoms with van der Waals surface area (Å²) in [7, 11) is 0. The van der Waals surface area contributed by atoms with Crippen LogP contribution < -0.4 is 0 Å². The zero-order valence-corrected chi connectivity index (χ0v) is 16.3. The molecular formula is C18H14Cl4N2O2. The maximum atomic E-state index is 11.5. The van der Waals surface area contributed by atoms with Crippen molar-refractivity contribution in [3.05, 3.63) is 86.3 Å². The van der Waals surface area contributed by atoms with Crippen molar-refractivity contribution in [1.29, 1.82) is 0 Å². The van der Waals surface area contributed by atoms with E-state index in [1.165, 1.54) is 18.5 Å². The third kappa shape index (κ3) is 3.86. The molecule has 0 fully saturated rings. The molecule has 2 N–H and O–H groups in total. The van der Waals surface area contributed by atoms with Crippen molar-refractivity contribution in [2.45, 2.75) is 18.2 Å². The first kappa shape index (κ1) is 19.5. The first-order chi connectivity index (χ1) is 12.3. The molecule has 2 aromatic carbocycles. The third-order valence-electron chi connectivity index (χ3n) is 4.09. The monoisotopic (exact) mass is 430 g/mol. The van der Waals surface area contributed by atoms with Crippen LogP contribution in [0.1, 0.15) is 17.2 Å². The van der Waals surface area contributed by atoms with Crippen molar-refractivity contribution in [3.63, 3.8) is 0 Å². The van der Waals surface area contributed by atoms with Crippen molar-refractivity contribution in [3.8, 4) is 0 Å². The summed E-state index contributed by atoms with van der Waals surface area (Å²) in [5.74, 6) is 0. The van der Waals surface area contributed by atoms with Crippen molar-refractivity contribution in [1.82, 2.24) is 9.55 Å². The lowest BCUT2D eigenvalue weighted by Gasteiger charge is -2.35. The topological polar surface area (TPSA) is 58.3 Å². The lowest BCUT2D eigenvalue weighted by molar-refractivity contribution is -0.0945. The minimum atomic E-state index is -1.79. The van der Waals surface area contributed by atoms with Crippen LogP contribution in [0.3, 0.4) is 0 Å². The van der Waals surface area contributed by atoms with E-state index in [1.807, 2.05) is 0 Å². The fourth-order valence-corrected chi connectivity index (χ4v) is 3.88. The zero-order chi connectivity index (χ0) is 18.9. The molecule has 0 spiro atoms. The maximum Gasteiger partial charge on any atom is 0.139 e. The molecule has 0 amide bonds. The predicted molar refractivity (Wildman–Crippen MR) is 104 cm³/mol. The number of aliphatic hydroxyl groups excluding tert-OH is 1. The Balaban J connectivity index is 2.13. The molecule has 136 valence electrons. The second-order valence-electron chi connectivity index (χ2n) is 5.85. The van der Waals surface area contributed by atoms with E-state index in [2.05, 4.69) is 4.98 Å². The fraction of sp³-hybridized carbons (Fsp3) is 0.167. The average molecular weight is 432 g/mol. The van der Waals surface area contributed by atoms with Gasteiger partial charge in [-0.05, 0) is 24.3 Å². The standard InChI is InChI=1S/C18H14Cl4N2O2/c19-11-1-3-13(15(21)7-11)17(25)18(26,9-24-6-5-23-10-24)14-4-2-12(20)8-16(14)22/h1-8,10,17,25-26H,9H2/t17-,18-/m0/s1. The Morgan fingerprint density at radius 1 is 1.00 bits per heavy atom. The van der Waals surface area contributed by atoms with Crippen LogP contribution in [-0.4, -0.2) is 19.8 Å². The van der Waals surface area contributed by atoms with Gasteiger partial charge in [0.2, 0.25) is 0 Å². The maximum absolute atomic E-state index is 11.5. The molecule has 0 bridgehead atoms. The molecule has 0 saturated carbocycles. The van der Waals surface area contributed by atoms with E-state index in [0.29, 0.717) is 21.2 Å². The first-order valence-corrected chi connectivity index (χ1v) is 9.09. The zero-order valence-electron chi connectivity index (χ0n) is 13.3. The van der Waals surface area contributed by atoms with E-state index >= 15 is 0 Å². The highest BCUT2D eigenvalue weighted by Gasteiger charge is 2.41. The third-order valence-corrected chi connectivity index (χ3v) is 5.20. The molecule has 3 rings (SSSR count). The van der Waals surface area contributed by atoms with Crippen LogP contribution in [0, 0.1) is 0 Å². The van der Waals surface area contributed by atoms with E-state index in [-0.39, 0.29) is 16.6 Å². The van der Waals surface area contributed by atoms with Crippen LogP contribution in [0.4, 0.5) is 0 Å². The fourth-order valence-electron chi connectivity index (χ4n) is 2.80. The van der Waals surface area contributed by atoms with Gasteiger partial charge < -0.3 is 14.8 Å².